The normalized spacial score (nSPS) is 18.8. The van der Waals surface area contributed by atoms with E-state index < -0.39 is 0 Å². The first-order chi connectivity index (χ1) is 8.75. The molecule has 1 aromatic heterocycles. The number of ether oxygens (including phenoxy) is 1. The van der Waals surface area contributed by atoms with Gasteiger partial charge in [0.2, 0.25) is 0 Å². The predicted molar refractivity (Wildman–Crippen MR) is 75.9 cm³/mol. The highest BCUT2D eigenvalue weighted by molar-refractivity contribution is 9.10. The van der Waals surface area contributed by atoms with Crippen LogP contribution < -0.4 is 0 Å². The topological polar surface area (TPSA) is 45.6 Å². The van der Waals surface area contributed by atoms with Gasteiger partial charge in [-0.15, -0.1) is 11.8 Å². The van der Waals surface area contributed by atoms with Crippen LogP contribution in [-0.2, 0) is 4.74 Å². The summed E-state index contributed by atoms with van der Waals surface area (Å²) in [4.78, 5) is 6.51. The molecule has 100 valence electrons. The van der Waals surface area contributed by atoms with Crippen LogP contribution in [-0.4, -0.2) is 59.7 Å². The second kappa shape index (κ2) is 7.45. The van der Waals surface area contributed by atoms with E-state index in [9.17, 15) is 5.11 Å². The van der Waals surface area contributed by atoms with Crippen LogP contribution in [0.4, 0.5) is 0 Å². The molecule has 2 rings (SSSR count). The van der Waals surface area contributed by atoms with Crippen LogP contribution in [0, 0.1) is 0 Å². The molecule has 0 aromatic carbocycles. The van der Waals surface area contributed by atoms with Crippen LogP contribution in [0.15, 0.2) is 27.8 Å². The Morgan fingerprint density at radius 1 is 1.50 bits per heavy atom. The molecule has 1 aromatic rings. The molecule has 0 saturated carbocycles. The maximum atomic E-state index is 10.0. The van der Waals surface area contributed by atoms with E-state index in [1.165, 1.54) is 0 Å². The third-order valence-electron chi connectivity index (χ3n) is 2.71. The van der Waals surface area contributed by atoms with Gasteiger partial charge in [0.05, 0.1) is 19.3 Å². The third-order valence-corrected chi connectivity index (χ3v) is 4.76. The minimum absolute atomic E-state index is 0.331. The van der Waals surface area contributed by atoms with Gasteiger partial charge in [0.15, 0.2) is 0 Å². The molecule has 0 unspecified atom stereocenters. The van der Waals surface area contributed by atoms with Crippen molar-refractivity contribution in [1.82, 2.24) is 9.88 Å². The Morgan fingerprint density at radius 2 is 2.28 bits per heavy atom. The van der Waals surface area contributed by atoms with Crippen molar-refractivity contribution in [3.05, 3.63) is 22.8 Å². The number of aliphatic hydroxyl groups is 1. The lowest BCUT2D eigenvalue weighted by Crippen LogP contribution is -2.41. The first-order valence-electron chi connectivity index (χ1n) is 5.97. The van der Waals surface area contributed by atoms with Crippen molar-refractivity contribution in [2.24, 2.45) is 0 Å². The summed E-state index contributed by atoms with van der Waals surface area (Å²) in [7, 11) is 0. The average molecular weight is 333 g/mol. The summed E-state index contributed by atoms with van der Waals surface area (Å²) in [6, 6.07) is 3.85. The lowest BCUT2D eigenvalue weighted by atomic mass is 10.3. The van der Waals surface area contributed by atoms with Crippen LogP contribution in [0.25, 0.3) is 0 Å². The van der Waals surface area contributed by atoms with E-state index in [4.69, 9.17) is 4.74 Å². The zero-order valence-corrected chi connectivity index (χ0v) is 12.5. The summed E-state index contributed by atoms with van der Waals surface area (Å²) in [5.74, 6) is 0.660. The number of halogens is 1. The molecule has 0 bridgehead atoms. The number of hydrogen-bond acceptors (Lipinski definition) is 5. The number of thioether (sulfide) groups is 1. The van der Waals surface area contributed by atoms with Crippen LogP contribution in [0.3, 0.4) is 0 Å². The Hall–Kier alpha value is -0.140. The largest absolute Gasteiger partial charge is 0.391 e. The van der Waals surface area contributed by atoms with Gasteiger partial charge in [-0.3, -0.25) is 4.90 Å². The third kappa shape index (κ3) is 4.51. The molecule has 18 heavy (non-hydrogen) atoms. The lowest BCUT2D eigenvalue weighted by molar-refractivity contribution is 0.0188. The smallest absolute Gasteiger partial charge is 0.110 e. The summed E-state index contributed by atoms with van der Waals surface area (Å²) in [6.07, 6.45) is 1.43. The van der Waals surface area contributed by atoms with Crippen molar-refractivity contribution in [2.45, 2.75) is 11.1 Å². The molecule has 6 heteroatoms. The molecule has 2 heterocycles. The fourth-order valence-electron chi connectivity index (χ4n) is 1.79. The fraction of sp³-hybridized carbons (Fsp3) is 0.583. The van der Waals surface area contributed by atoms with Gasteiger partial charge in [0.1, 0.15) is 5.03 Å². The Morgan fingerprint density at radius 3 is 3.00 bits per heavy atom. The van der Waals surface area contributed by atoms with Crippen molar-refractivity contribution < 1.29 is 9.84 Å². The first-order valence-corrected chi connectivity index (χ1v) is 7.75. The number of aromatic nitrogens is 1. The second-order valence-corrected chi connectivity index (χ2v) is 6.03. The fourth-order valence-corrected chi connectivity index (χ4v) is 3.18. The molecule has 1 saturated heterocycles. The molecule has 1 fully saturated rings. The highest BCUT2D eigenvalue weighted by Gasteiger charge is 2.15. The zero-order chi connectivity index (χ0) is 12.8. The van der Waals surface area contributed by atoms with E-state index in [-0.39, 0.29) is 6.10 Å². The molecule has 1 N–H and O–H groups in total. The number of morpholine rings is 1. The summed E-state index contributed by atoms with van der Waals surface area (Å²) < 4.78 is 6.26. The monoisotopic (exact) mass is 332 g/mol. The van der Waals surface area contributed by atoms with Crippen molar-refractivity contribution in [1.29, 1.82) is 0 Å². The average Bonchev–Trinajstić information content (AvgIpc) is 2.39. The van der Waals surface area contributed by atoms with Crippen molar-refractivity contribution in [2.75, 3.05) is 38.6 Å². The van der Waals surface area contributed by atoms with Gasteiger partial charge >= 0.3 is 0 Å². The molecular weight excluding hydrogens is 316 g/mol. The van der Waals surface area contributed by atoms with Crippen LogP contribution >= 0.6 is 27.7 Å². The molecule has 0 spiro atoms. The summed E-state index contributed by atoms with van der Waals surface area (Å²) in [5.41, 5.74) is 0. The summed E-state index contributed by atoms with van der Waals surface area (Å²) >= 11 is 5.03. The zero-order valence-electron chi connectivity index (χ0n) is 10.1. The Bertz CT molecular complexity index is 375. The SMILES string of the molecule is O[C@@H](CSc1ncccc1Br)CN1CCOCC1. The minimum Gasteiger partial charge on any atom is -0.391 e. The Labute approximate surface area is 120 Å². The van der Waals surface area contributed by atoms with E-state index in [2.05, 4.69) is 25.8 Å². The predicted octanol–water partition coefficient (Wildman–Crippen LogP) is 1.63. The number of aliphatic hydroxyl groups excluding tert-OH is 1. The minimum atomic E-state index is -0.331. The van der Waals surface area contributed by atoms with Gasteiger partial charge in [-0.05, 0) is 28.1 Å². The number of hydrogen-bond donors (Lipinski definition) is 1. The summed E-state index contributed by atoms with van der Waals surface area (Å²) in [6.45, 7) is 4.07. The number of pyridine rings is 1. The van der Waals surface area contributed by atoms with Gasteiger partial charge < -0.3 is 9.84 Å². The van der Waals surface area contributed by atoms with E-state index in [0.717, 1.165) is 35.8 Å². The van der Waals surface area contributed by atoms with Gasteiger partial charge in [-0.25, -0.2) is 4.98 Å². The highest BCUT2D eigenvalue weighted by atomic mass is 79.9. The number of β-amino-alcohol motifs (C(OH)–C–C–N with tert-alkyl or cyclic N) is 1. The van der Waals surface area contributed by atoms with Crippen molar-refractivity contribution >= 4 is 27.7 Å². The Balaban J connectivity index is 1.74. The maximum absolute atomic E-state index is 10.0. The molecule has 1 aliphatic rings. The van der Waals surface area contributed by atoms with Gasteiger partial charge in [0, 0.05) is 36.1 Å². The molecule has 4 nitrogen and oxygen atoms in total. The van der Waals surface area contributed by atoms with E-state index in [0.29, 0.717) is 12.3 Å². The van der Waals surface area contributed by atoms with Crippen LogP contribution in [0.1, 0.15) is 0 Å². The second-order valence-electron chi connectivity index (χ2n) is 4.17. The van der Waals surface area contributed by atoms with Crippen molar-refractivity contribution in [3.63, 3.8) is 0 Å². The maximum Gasteiger partial charge on any atom is 0.110 e. The van der Waals surface area contributed by atoms with Crippen LogP contribution in [0.5, 0.6) is 0 Å². The van der Waals surface area contributed by atoms with Gasteiger partial charge in [0.25, 0.3) is 0 Å². The molecule has 1 aliphatic heterocycles. The first kappa shape index (κ1) is 14.3. The van der Waals surface area contributed by atoms with Crippen molar-refractivity contribution in [3.8, 4) is 0 Å². The quantitative estimate of drug-likeness (QED) is 0.830. The molecule has 1 atom stereocenters. The number of rotatable bonds is 5. The van der Waals surface area contributed by atoms with E-state index in [1.54, 1.807) is 18.0 Å². The highest BCUT2D eigenvalue weighted by Crippen LogP contribution is 2.25. The summed E-state index contributed by atoms with van der Waals surface area (Å²) in [5, 5.41) is 10.9. The van der Waals surface area contributed by atoms with Gasteiger partial charge in [-0.2, -0.15) is 0 Å². The van der Waals surface area contributed by atoms with E-state index in [1.807, 2.05) is 12.1 Å². The molecule has 0 amide bonds. The number of nitrogens with zero attached hydrogens (tertiary/aromatic N) is 2. The molecule has 0 radical (unpaired) electrons. The Kier molecular flexibility index (Phi) is 5.91. The van der Waals surface area contributed by atoms with E-state index >= 15 is 0 Å². The molecule has 0 aliphatic carbocycles. The van der Waals surface area contributed by atoms with Crippen LogP contribution in [0.2, 0.25) is 0 Å². The lowest BCUT2D eigenvalue weighted by Gasteiger charge is -2.28. The van der Waals surface area contributed by atoms with Gasteiger partial charge in [-0.1, -0.05) is 0 Å². The molecular formula is C12H17BrN2O2S. The standard InChI is InChI=1S/C12H17BrN2O2S/c13-11-2-1-3-14-12(11)18-9-10(16)8-15-4-6-17-7-5-15/h1-3,10,16H,4-9H2/t10-/m1/s1.